The zero-order valence-corrected chi connectivity index (χ0v) is 19.2. The number of benzene rings is 1. The summed E-state index contributed by atoms with van der Waals surface area (Å²) in [7, 11) is 3.80. The molecule has 1 aliphatic heterocycles. The summed E-state index contributed by atoms with van der Waals surface area (Å²) in [4.78, 5) is 6.85. The van der Waals surface area contributed by atoms with Gasteiger partial charge < -0.3 is 15.0 Å². The number of halogens is 1. The predicted molar refractivity (Wildman–Crippen MR) is 122 cm³/mol. The highest BCUT2D eigenvalue weighted by Gasteiger charge is 2.45. The topological polar surface area (TPSA) is 54.7 Å². The van der Waals surface area contributed by atoms with Crippen LogP contribution in [-0.2, 0) is 17.2 Å². The number of aryl methyl sites for hydroxylation is 2. The highest BCUT2D eigenvalue weighted by atomic mass is 127. The molecule has 2 aliphatic rings. The fourth-order valence-corrected chi connectivity index (χ4v) is 4.09. The van der Waals surface area contributed by atoms with Gasteiger partial charge in [0.15, 0.2) is 5.96 Å². The lowest BCUT2D eigenvalue weighted by Gasteiger charge is -2.35. The van der Waals surface area contributed by atoms with Gasteiger partial charge >= 0.3 is 0 Å². The van der Waals surface area contributed by atoms with Gasteiger partial charge in [0, 0.05) is 44.4 Å². The summed E-state index contributed by atoms with van der Waals surface area (Å²) in [5, 5.41) is 7.92. The Morgan fingerprint density at radius 3 is 2.79 bits per heavy atom. The van der Waals surface area contributed by atoms with Crippen LogP contribution in [0.1, 0.15) is 35.6 Å². The van der Waals surface area contributed by atoms with Crippen molar-refractivity contribution in [2.75, 3.05) is 33.3 Å². The molecule has 2 heterocycles. The van der Waals surface area contributed by atoms with E-state index in [1.807, 2.05) is 31.2 Å². The summed E-state index contributed by atoms with van der Waals surface area (Å²) in [5.74, 6) is 0.965. The zero-order valence-electron chi connectivity index (χ0n) is 16.9. The van der Waals surface area contributed by atoms with Crippen molar-refractivity contribution in [1.29, 1.82) is 0 Å². The number of guanidine groups is 1. The summed E-state index contributed by atoms with van der Waals surface area (Å²) in [6.07, 6.45) is 6.44. The summed E-state index contributed by atoms with van der Waals surface area (Å²) in [5.41, 5.74) is 4.24. The van der Waals surface area contributed by atoms with E-state index in [2.05, 4.69) is 51.5 Å². The van der Waals surface area contributed by atoms with Gasteiger partial charge in [-0.05, 0) is 30.9 Å². The first-order chi connectivity index (χ1) is 13.1. The maximum Gasteiger partial charge on any atom is 0.193 e. The van der Waals surface area contributed by atoms with Gasteiger partial charge in [-0.15, -0.1) is 24.0 Å². The minimum atomic E-state index is 0. The first-order valence-corrected chi connectivity index (χ1v) is 9.73. The molecular formula is C21H30IN5O. The minimum absolute atomic E-state index is 0. The molecule has 6 nitrogen and oxygen atoms in total. The molecule has 152 valence electrons. The van der Waals surface area contributed by atoms with E-state index in [0.29, 0.717) is 6.61 Å². The average Bonchev–Trinajstić information content (AvgIpc) is 3.34. The van der Waals surface area contributed by atoms with Crippen molar-refractivity contribution in [3.05, 3.63) is 53.3 Å². The van der Waals surface area contributed by atoms with Crippen molar-refractivity contribution < 1.29 is 4.74 Å². The summed E-state index contributed by atoms with van der Waals surface area (Å²) in [6.45, 7) is 5.49. The van der Waals surface area contributed by atoms with Gasteiger partial charge in [0.2, 0.25) is 0 Å². The first kappa shape index (κ1) is 21.1. The number of morpholine rings is 1. The first-order valence-electron chi connectivity index (χ1n) is 9.73. The van der Waals surface area contributed by atoms with E-state index in [4.69, 9.17) is 4.74 Å². The Hall–Kier alpha value is -1.61. The summed E-state index contributed by atoms with van der Waals surface area (Å²) >= 11 is 0. The van der Waals surface area contributed by atoms with Gasteiger partial charge in [0.1, 0.15) is 6.10 Å². The highest BCUT2D eigenvalue weighted by Crippen LogP contribution is 2.48. The van der Waals surface area contributed by atoms with Crippen LogP contribution in [0, 0.1) is 6.92 Å². The molecule has 0 amide bonds. The number of ether oxygens (including phenoxy) is 1. The molecule has 28 heavy (non-hydrogen) atoms. The van der Waals surface area contributed by atoms with E-state index in [9.17, 15) is 0 Å². The van der Waals surface area contributed by atoms with E-state index < -0.39 is 0 Å². The molecule has 2 fully saturated rings. The van der Waals surface area contributed by atoms with Gasteiger partial charge in [-0.25, -0.2) is 0 Å². The third-order valence-electron chi connectivity index (χ3n) is 5.83. The molecule has 2 aromatic rings. The number of aromatic nitrogens is 2. The van der Waals surface area contributed by atoms with E-state index >= 15 is 0 Å². The van der Waals surface area contributed by atoms with Crippen LogP contribution in [0.5, 0.6) is 0 Å². The number of aliphatic imine (C=N–C) groups is 1. The Balaban J connectivity index is 0.00000225. The molecular weight excluding hydrogens is 465 g/mol. The van der Waals surface area contributed by atoms with Gasteiger partial charge in [-0.2, -0.15) is 5.10 Å². The van der Waals surface area contributed by atoms with Crippen LogP contribution in [0.3, 0.4) is 0 Å². The van der Waals surface area contributed by atoms with E-state index in [-0.39, 0.29) is 35.5 Å². The third kappa shape index (κ3) is 4.35. The second-order valence-corrected chi connectivity index (χ2v) is 7.75. The summed E-state index contributed by atoms with van der Waals surface area (Å²) < 4.78 is 7.79. The lowest BCUT2D eigenvalue weighted by Crippen LogP contribution is -2.49. The second kappa shape index (κ2) is 8.82. The smallest absolute Gasteiger partial charge is 0.193 e. The Morgan fingerprint density at radius 1 is 1.36 bits per heavy atom. The van der Waals surface area contributed by atoms with Gasteiger partial charge in [0.05, 0.1) is 19.3 Å². The van der Waals surface area contributed by atoms with Crippen LogP contribution in [0.15, 0.2) is 41.7 Å². The number of hydrogen-bond donors (Lipinski definition) is 1. The van der Waals surface area contributed by atoms with Crippen LogP contribution in [0.4, 0.5) is 0 Å². The Bertz CT molecular complexity index is 830. The molecule has 0 spiro atoms. The molecule has 1 aromatic carbocycles. The summed E-state index contributed by atoms with van der Waals surface area (Å²) in [6, 6.07) is 8.76. The molecule has 0 radical (unpaired) electrons. The average molecular weight is 495 g/mol. The molecule has 1 aromatic heterocycles. The quantitative estimate of drug-likeness (QED) is 0.403. The van der Waals surface area contributed by atoms with E-state index in [1.165, 1.54) is 24.0 Å². The molecule has 4 rings (SSSR count). The van der Waals surface area contributed by atoms with Crippen molar-refractivity contribution in [3.63, 3.8) is 0 Å². The maximum absolute atomic E-state index is 5.97. The molecule has 1 unspecified atom stereocenters. The molecule has 1 atom stereocenters. The normalized spacial score (nSPS) is 21.2. The van der Waals surface area contributed by atoms with E-state index in [1.54, 1.807) is 0 Å². The SMILES string of the molecule is CN=C(NCC1(c2ccccc2C)CC1)N1CCOC(c2cnn(C)c2)C1.I. The van der Waals surface area contributed by atoms with Crippen molar-refractivity contribution >= 4 is 29.9 Å². The maximum atomic E-state index is 5.97. The van der Waals surface area contributed by atoms with Crippen LogP contribution >= 0.6 is 24.0 Å². The molecule has 7 heteroatoms. The Morgan fingerprint density at radius 2 is 2.14 bits per heavy atom. The lowest BCUT2D eigenvalue weighted by molar-refractivity contribution is -0.00805. The molecule has 0 bridgehead atoms. The lowest BCUT2D eigenvalue weighted by atomic mass is 9.92. The number of hydrogen-bond acceptors (Lipinski definition) is 3. The Kier molecular flexibility index (Phi) is 6.65. The second-order valence-electron chi connectivity index (χ2n) is 7.75. The van der Waals surface area contributed by atoms with Crippen molar-refractivity contribution in [3.8, 4) is 0 Å². The molecule has 1 saturated carbocycles. The molecule has 1 saturated heterocycles. The fraction of sp³-hybridized carbons (Fsp3) is 0.524. The van der Waals surface area contributed by atoms with Crippen molar-refractivity contribution in [2.45, 2.75) is 31.3 Å². The fourth-order valence-electron chi connectivity index (χ4n) is 4.09. The Labute approximate surface area is 184 Å². The monoisotopic (exact) mass is 495 g/mol. The van der Waals surface area contributed by atoms with Crippen molar-refractivity contribution in [2.24, 2.45) is 12.0 Å². The van der Waals surface area contributed by atoms with Crippen LogP contribution in [0.2, 0.25) is 0 Å². The third-order valence-corrected chi connectivity index (χ3v) is 5.83. The highest BCUT2D eigenvalue weighted by molar-refractivity contribution is 14.0. The number of nitrogens with one attached hydrogen (secondary N) is 1. The minimum Gasteiger partial charge on any atom is -0.370 e. The van der Waals surface area contributed by atoms with Gasteiger partial charge in [-0.3, -0.25) is 9.67 Å². The van der Waals surface area contributed by atoms with Crippen LogP contribution in [0.25, 0.3) is 0 Å². The zero-order chi connectivity index (χ0) is 18.9. The molecule has 1 N–H and O–H groups in total. The van der Waals surface area contributed by atoms with Gasteiger partial charge in [0.25, 0.3) is 0 Å². The largest absolute Gasteiger partial charge is 0.370 e. The number of nitrogens with zero attached hydrogens (tertiary/aromatic N) is 4. The standard InChI is InChI=1S/C21H29N5O.HI/c1-16-6-4-5-7-18(16)21(8-9-21)15-23-20(22-2)26-10-11-27-19(14-26)17-12-24-25(3)13-17;/h4-7,12-13,19H,8-11,14-15H2,1-3H3,(H,22,23);1H. The van der Waals surface area contributed by atoms with Gasteiger partial charge in [-0.1, -0.05) is 24.3 Å². The molecule has 1 aliphatic carbocycles. The predicted octanol–water partition coefficient (Wildman–Crippen LogP) is 3.03. The van der Waals surface area contributed by atoms with Crippen LogP contribution < -0.4 is 5.32 Å². The number of rotatable bonds is 4. The van der Waals surface area contributed by atoms with E-state index in [0.717, 1.165) is 31.2 Å². The van der Waals surface area contributed by atoms with Crippen LogP contribution in [-0.4, -0.2) is 53.9 Å². The van der Waals surface area contributed by atoms with Crippen molar-refractivity contribution in [1.82, 2.24) is 20.0 Å².